The topological polar surface area (TPSA) is 0 Å². The highest BCUT2D eigenvalue weighted by atomic mass is 14.1. The van der Waals surface area contributed by atoms with Gasteiger partial charge in [0.2, 0.25) is 0 Å². The van der Waals surface area contributed by atoms with Crippen LogP contribution in [-0.4, -0.2) is 0 Å². The molecule has 0 spiro atoms. The quantitative estimate of drug-likeness (QED) is 0.395. The van der Waals surface area contributed by atoms with Gasteiger partial charge in [-0.15, -0.1) is 0 Å². The van der Waals surface area contributed by atoms with Gasteiger partial charge in [-0.2, -0.15) is 0 Å². The lowest BCUT2D eigenvalue weighted by Gasteiger charge is -2.08. The number of aryl methyl sites for hydroxylation is 1. The van der Waals surface area contributed by atoms with Crippen LogP contribution >= 0.6 is 0 Å². The molecule has 0 atom stereocenters. The van der Waals surface area contributed by atoms with Gasteiger partial charge in [-0.25, -0.2) is 0 Å². The Labute approximate surface area is 121 Å². The third-order valence-corrected chi connectivity index (χ3v) is 4.06. The maximum atomic E-state index is 3.31. The molecule has 0 aromatic heterocycles. The van der Waals surface area contributed by atoms with Gasteiger partial charge in [0.15, 0.2) is 0 Å². The molecule has 0 bridgehead atoms. The zero-order valence-electron chi connectivity index (χ0n) is 12.2. The molecule has 0 N–H and O–H groups in total. The first-order valence-electron chi connectivity index (χ1n) is 7.70. The van der Waals surface area contributed by atoms with Crippen molar-refractivity contribution in [1.29, 1.82) is 0 Å². The molecular weight excluding hydrogens is 240 g/mol. The first kappa shape index (κ1) is 13.2. The lowest BCUT2D eigenvalue weighted by atomic mass is 9.96. The van der Waals surface area contributed by atoms with Crippen LogP contribution in [0.25, 0.3) is 21.5 Å². The normalized spacial score (nSPS) is 11.2. The summed E-state index contributed by atoms with van der Waals surface area (Å²) in [7, 11) is 0. The molecule has 20 heavy (non-hydrogen) atoms. The van der Waals surface area contributed by atoms with Crippen molar-refractivity contribution < 1.29 is 0 Å². The van der Waals surface area contributed by atoms with E-state index < -0.39 is 0 Å². The van der Waals surface area contributed by atoms with Crippen LogP contribution < -0.4 is 0 Å². The van der Waals surface area contributed by atoms with Gasteiger partial charge >= 0.3 is 0 Å². The second kappa shape index (κ2) is 6.09. The number of unbranched alkanes of at least 4 members (excludes halogenated alkanes) is 3. The monoisotopic (exact) mass is 261 g/mol. The van der Waals surface area contributed by atoms with E-state index in [1.165, 1.54) is 59.2 Å². The molecule has 0 aliphatic heterocycles. The van der Waals surface area contributed by atoms with Gasteiger partial charge in [-0.1, -0.05) is 56.5 Å². The van der Waals surface area contributed by atoms with Crippen molar-refractivity contribution in [2.45, 2.75) is 39.0 Å². The van der Waals surface area contributed by atoms with Crippen molar-refractivity contribution in [2.24, 2.45) is 0 Å². The van der Waals surface area contributed by atoms with Crippen molar-refractivity contribution >= 4 is 21.5 Å². The summed E-state index contributed by atoms with van der Waals surface area (Å²) in [6.45, 7) is 2.26. The van der Waals surface area contributed by atoms with Gasteiger partial charge < -0.3 is 0 Å². The highest BCUT2D eigenvalue weighted by molar-refractivity contribution is 5.99. The molecule has 0 fully saturated rings. The molecule has 1 radical (unpaired) electrons. The van der Waals surface area contributed by atoms with E-state index in [2.05, 4.69) is 61.5 Å². The van der Waals surface area contributed by atoms with Crippen molar-refractivity contribution in [2.75, 3.05) is 0 Å². The Balaban J connectivity index is 1.97. The van der Waals surface area contributed by atoms with Gasteiger partial charge in [-0.05, 0) is 64.2 Å². The van der Waals surface area contributed by atoms with Crippen LogP contribution in [0.5, 0.6) is 0 Å². The van der Waals surface area contributed by atoms with Crippen LogP contribution in [0.15, 0.2) is 48.5 Å². The number of benzene rings is 3. The van der Waals surface area contributed by atoms with E-state index >= 15 is 0 Å². The lowest BCUT2D eigenvalue weighted by molar-refractivity contribution is 0.668. The smallest absolute Gasteiger partial charge is 0.0145 e. The fraction of sp³-hybridized carbons (Fsp3) is 0.300. The molecule has 3 rings (SSSR count). The average molecular weight is 261 g/mol. The largest absolute Gasteiger partial charge is 0.0654 e. The summed E-state index contributed by atoms with van der Waals surface area (Å²) in [5, 5.41) is 5.37. The van der Waals surface area contributed by atoms with Gasteiger partial charge in [-0.3, -0.25) is 0 Å². The molecule has 0 unspecified atom stereocenters. The third-order valence-electron chi connectivity index (χ3n) is 4.06. The van der Waals surface area contributed by atoms with Crippen LogP contribution in [-0.2, 0) is 6.42 Å². The number of hydrogen-bond donors (Lipinski definition) is 0. The van der Waals surface area contributed by atoms with Crippen LogP contribution in [0, 0.1) is 6.07 Å². The van der Waals surface area contributed by atoms with Crippen LogP contribution in [0.4, 0.5) is 0 Å². The Kier molecular flexibility index (Phi) is 4.01. The van der Waals surface area contributed by atoms with Crippen LogP contribution in [0.2, 0.25) is 0 Å². The van der Waals surface area contributed by atoms with Crippen molar-refractivity contribution in [1.82, 2.24) is 0 Å². The van der Waals surface area contributed by atoms with Crippen LogP contribution in [0.3, 0.4) is 0 Å². The lowest BCUT2D eigenvalue weighted by Crippen LogP contribution is -1.88. The standard InChI is InChI=1S/C20H21/c1-2-3-4-5-9-16-12-8-13-19-14-17-10-6-7-11-18(17)15-20(16)19/h6-7,10-15H,2-5,9H2,1H3. The first-order valence-corrected chi connectivity index (χ1v) is 7.70. The van der Waals surface area contributed by atoms with Gasteiger partial charge in [0.05, 0.1) is 0 Å². The van der Waals surface area contributed by atoms with E-state index in [1.807, 2.05) is 0 Å². The van der Waals surface area contributed by atoms with Crippen LogP contribution in [0.1, 0.15) is 38.2 Å². The number of fused-ring (bicyclic) bond motifs is 2. The molecule has 101 valence electrons. The maximum Gasteiger partial charge on any atom is -0.0145 e. The minimum Gasteiger partial charge on any atom is -0.0654 e. The fourth-order valence-corrected chi connectivity index (χ4v) is 2.91. The molecule has 0 aliphatic carbocycles. The molecule has 0 heteroatoms. The second-order valence-corrected chi connectivity index (χ2v) is 5.58. The SMILES string of the molecule is CCCCCCc1c[c]cc2cc3ccccc3cc12. The molecule has 0 aliphatic rings. The number of rotatable bonds is 5. The van der Waals surface area contributed by atoms with Gasteiger partial charge in [0, 0.05) is 0 Å². The summed E-state index contributed by atoms with van der Waals surface area (Å²) in [5.74, 6) is 0. The highest BCUT2D eigenvalue weighted by Crippen LogP contribution is 2.26. The van der Waals surface area contributed by atoms with Gasteiger partial charge in [0.1, 0.15) is 0 Å². The zero-order valence-corrected chi connectivity index (χ0v) is 12.2. The Morgan fingerprint density at radius 2 is 1.65 bits per heavy atom. The predicted molar refractivity (Wildman–Crippen MR) is 88.1 cm³/mol. The summed E-state index contributed by atoms with van der Waals surface area (Å²) in [5.41, 5.74) is 1.45. The summed E-state index contributed by atoms with van der Waals surface area (Å²) in [4.78, 5) is 0. The molecule has 3 aromatic carbocycles. The van der Waals surface area contributed by atoms with Gasteiger partial charge in [0.25, 0.3) is 0 Å². The minimum atomic E-state index is 1.17. The Morgan fingerprint density at radius 1 is 0.850 bits per heavy atom. The maximum absolute atomic E-state index is 3.31. The zero-order chi connectivity index (χ0) is 13.8. The highest BCUT2D eigenvalue weighted by Gasteiger charge is 2.03. The predicted octanol–water partition coefficient (Wildman–Crippen LogP) is 5.92. The van der Waals surface area contributed by atoms with E-state index in [0.717, 1.165) is 0 Å². The second-order valence-electron chi connectivity index (χ2n) is 5.58. The Morgan fingerprint density at radius 3 is 2.45 bits per heavy atom. The minimum absolute atomic E-state index is 1.17. The summed E-state index contributed by atoms with van der Waals surface area (Å²) in [6, 6.07) is 20.8. The molecule has 0 saturated carbocycles. The summed E-state index contributed by atoms with van der Waals surface area (Å²) >= 11 is 0. The fourth-order valence-electron chi connectivity index (χ4n) is 2.91. The van der Waals surface area contributed by atoms with Crippen molar-refractivity contribution in [3.8, 4) is 0 Å². The molecule has 0 nitrogen and oxygen atoms in total. The molecule has 0 amide bonds. The summed E-state index contributed by atoms with van der Waals surface area (Å²) < 4.78 is 0. The van der Waals surface area contributed by atoms with Crippen molar-refractivity contribution in [3.63, 3.8) is 0 Å². The first-order chi connectivity index (χ1) is 9.88. The van der Waals surface area contributed by atoms with E-state index in [-0.39, 0.29) is 0 Å². The molecule has 0 heterocycles. The van der Waals surface area contributed by atoms with E-state index in [4.69, 9.17) is 0 Å². The third kappa shape index (κ3) is 2.70. The van der Waals surface area contributed by atoms with E-state index in [9.17, 15) is 0 Å². The molecular formula is C20H21. The number of hydrogen-bond acceptors (Lipinski definition) is 0. The van der Waals surface area contributed by atoms with E-state index in [1.54, 1.807) is 0 Å². The van der Waals surface area contributed by atoms with Crippen molar-refractivity contribution in [3.05, 3.63) is 60.2 Å². The van der Waals surface area contributed by atoms with E-state index in [0.29, 0.717) is 0 Å². The molecule has 3 aromatic rings. The Bertz CT molecular complexity index is 709. The molecule has 0 saturated heterocycles. The summed E-state index contributed by atoms with van der Waals surface area (Å²) in [6.07, 6.45) is 6.43. The average Bonchev–Trinajstić information content (AvgIpc) is 2.50. The Hall–Kier alpha value is -1.82.